The second-order valence-corrected chi connectivity index (χ2v) is 6.23. The monoisotopic (exact) mass is 345 g/mol. The number of hydrogen-bond donors (Lipinski definition) is 1. The first-order valence-electron chi connectivity index (χ1n) is 7.34. The molecule has 0 fully saturated rings. The molecule has 124 valence electrons. The zero-order valence-electron chi connectivity index (χ0n) is 12.8. The van der Waals surface area contributed by atoms with Crippen molar-refractivity contribution in [3.05, 3.63) is 69.0 Å². The summed E-state index contributed by atoms with van der Waals surface area (Å²) in [5.41, 5.74) is 5.60. The van der Waals surface area contributed by atoms with Crippen LogP contribution in [-0.2, 0) is 6.54 Å². The highest BCUT2D eigenvalue weighted by molar-refractivity contribution is 7.09. The summed E-state index contributed by atoms with van der Waals surface area (Å²) in [4.78, 5) is 13.6. The van der Waals surface area contributed by atoms with Crippen molar-refractivity contribution in [2.45, 2.75) is 6.54 Å². The van der Waals surface area contributed by atoms with E-state index in [9.17, 15) is 9.18 Å². The van der Waals surface area contributed by atoms with Crippen LogP contribution < -0.4 is 16.0 Å². The first-order valence-corrected chi connectivity index (χ1v) is 8.22. The number of aromatic nitrogens is 2. The summed E-state index contributed by atoms with van der Waals surface area (Å²) in [5.74, 6) is 0.535. The summed E-state index contributed by atoms with van der Waals surface area (Å²) in [6.45, 7) is 0.617. The third-order valence-corrected chi connectivity index (χ3v) is 4.41. The SMILES string of the molecule is NCC(=CF)COc1ccc2c(=O)n(Cc3cccs3)ncc2c1. The molecule has 0 aliphatic rings. The number of nitrogens with two attached hydrogens (primary N) is 1. The van der Waals surface area contributed by atoms with Gasteiger partial charge in [0.25, 0.3) is 5.56 Å². The van der Waals surface area contributed by atoms with E-state index in [2.05, 4.69) is 5.10 Å². The number of ether oxygens (including phenoxy) is 1. The molecule has 0 bridgehead atoms. The smallest absolute Gasteiger partial charge is 0.274 e. The van der Waals surface area contributed by atoms with E-state index in [1.54, 1.807) is 35.7 Å². The fraction of sp³-hybridized carbons (Fsp3) is 0.176. The molecule has 1 aromatic carbocycles. The predicted octanol–water partition coefficient (Wildman–Crippen LogP) is 2.70. The van der Waals surface area contributed by atoms with Gasteiger partial charge >= 0.3 is 0 Å². The van der Waals surface area contributed by atoms with Crippen LogP contribution in [0.5, 0.6) is 5.75 Å². The van der Waals surface area contributed by atoms with Crippen LogP contribution in [0.2, 0.25) is 0 Å². The highest BCUT2D eigenvalue weighted by Crippen LogP contribution is 2.19. The van der Waals surface area contributed by atoms with Crippen LogP contribution in [0.25, 0.3) is 10.8 Å². The summed E-state index contributed by atoms with van der Waals surface area (Å²) < 4.78 is 19.4. The standard InChI is InChI=1S/C17H16FN3O2S/c18-7-12(8-19)11-23-14-3-4-16-13(6-14)9-20-21(17(16)22)10-15-2-1-5-24-15/h1-7,9H,8,10-11,19H2. The van der Waals surface area contributed by atoms with Gasteiger partial charge in [-0.25, -0.2) is 9.07 Å². The van der Waals surface area contributed by atoms with Crippen molar-refractivity contribution in [3.63, 3.8) is 0 Å². The molecule has 7 heteroatoms. The molecule has 0 aliphatic heterocycles. The van der Waals surface area contributed by atoms with Gasteiger partial charge in [-0.2, -0.15) is 5.10 Å². The zero-order chi connectivity index (χ0) is 16.9. The van der Waals surface area contributed by atoms with E-state index in [1.807, 2.05) is 17.5 Å². The summed E-state index contributed by atoms with van der Waals surface area (Å²) in [7, 11) is 0. The van der Waals surface area contributed by atoms with E-state index in [1.165, 1.54) is 4.68 Å². The fourth-order valence-corrected chi connectivity index (χ4v) is 2.92. The van der Waals surface area contributed by atoms with Gasteiger partial charge in [0.2, 0.25) is 0 Å². The topological polar surface area (TPSA) is 70.1 Å². The molecule has 0 saturated heterocycles. The van der Waals surface area contributed by atoms with E-state index >= 15 is 0 Å². The van der Waals surface area contributed by atoms with E-state index < -0.39 is 0 Å². The van der Waals surface area contributed by atoms with Crippen LogP contribution in [-0.4, -0.2) is 22.9 Å². The van der Waals surface area contributed by atoms with Gasteiger partial charge in [0.15, 0.2) is 0 Å². The zero-order valence-corrected chi connectivity index (χ0v) is 13.6. The predicted molar refractivity (Wildman–Crippen MR) is 93.2 cm³/mol. The lowest BCUT2D eigenvalue weighted by atomic mass is 10.2. The Labute approximate surface area is 141 Å². The van der Waals surface area contributed by atoms with Gasteiger partial charge in [0.05, 0.1) is 24.5 Å². The molecule has 2 N–H and O–H groups in total. The van der Waals surface area contributed by atoms with Crippen LogP contribution in [0.3, 0.4) is 0 Å². The van der Waals surface area contributed by atoms with Gasteiger partial charge in [-0.15, -0.1) is 11.3 Å². The largest absolute Gasteiger partial charge is 0.489 e. The molecule has 0 amide bonds. The molecule has 24 heavy (non-hydrogen) atoms. The van der Waals surface area contributed by atoms with Crippen LogP contribution in [0, 0.1) is 0 Å². The molecule has 5 nitrogen and oxygen atoms in total. The molecular weight excluding hydrogens is 329 g/mol. The Kier molecular flexibility index (Phi) is 5.02. The maximum absolute atomic E-state index is 12.5. The van der Waals surface area contributed by atoms with E-state index in [0.717, 1.165) is 4.88 Å². The van der Waals surface area contributed by atoms with Gasteiger partial charge in [-0.05, 0) is 29.6 Å². The van der Waals surface area contributed by atoms with Gasteiger partial charge in [-0.3, -0.25) is 4.79 Å². The number of nitrogens with zero attached hydrogens (tertiary/aromatic N) is 2. The minimum Gasteiger partial charge on any atom is -0.489 e. The molecule has 0 saturated carbocycles. The number of rotatable bonds is 6. The van der Waals surface area contributed by atoms with Crippen molar-refractivity contribution in [3.8, 4) is 5.75 Å². The summed E-state index contributed by atoms with van der Waals surface area (Å²) in [6, 6.07) is 9.00. The lowest BCUT2D eigenvalue weighted by Crippen LogP contribution is -2.22. The van der Waals surface area contributed by atoms with Gasteiger partial charge < -0.3 is 10.5 Å². The van der Waals surface area contributed by atoms with Crippen LogP contribution in [0.1, 0.15) is 4.88 Å². The minimum atomic E-state index is -0.154. The Morgan fingerprint density at radius 1 is 1.42 bits per heavy atom. The lowest BCUT2D eigenvalue weighted by Gasteiger charge is -2.09. The summed E-state index contributed by atoms with van der Waals surface area (Å²) in [5, 5.41) is 7.42. The van der Waals surface area contributed by atoms with Gasteiger partial charge in [0.1, 0.15) is 12.4 Å². The Hall–Kier alpha value is -2.51. The molecule has 0 atom stereocenters. The molecule has 0 radical (unpaired) electrons. The number of hydrogen-bond acceptors (Lipinski definition) is 5. The quantitative estimate of drug-likeness (QED) is 0.746. The number of fused-ring (bicyclic) bond motifs is 1. The van der Waals surface area contributed by atoms with E-state index in [-0.39, 0.29) is 18.7 Å². The first kappa shape index (κ1) is 16.4. The number of halogens is 1. The highest BCUT2D eigenvalue weighted by atomic mass is 32.1. The second-order valence-electron chi connectivity index (χ2n) is 5.20. The van der Waals surface area contributed by atoms with Crippen LogP contribution in [0.15, 0.2) is 58.6 Å². The van der Waals surface area contributed by atoms with Crippen LogP contribution >= 0.6 is 11.3 Å². The van der Waals surface area contributed by atoms with Gasteiger partial charge in [-0.1, -0.05) is 6.07 Å². The molecule has 2 heterocycles. The maximum Gasteiger partial charge on any atom is 0.274 e. The fourth-order valence-electron chi connectivity index (χ4n) is 2.23. The van der Waals surface area contributed by atoms with Crippen molar-refractivity contribution >= 4 is 22.1 Å². The summed E-state index contributed by atoms with van der Waals surface area (Å²) in [6.07, 6.45) is 2.08. The molecule has 2 aromatic heterocycles. The van der Waals surface area contributed by atoms with E-state index in [0.29, 0.717) is 35.0 Å². The average Bonchev–Trinajstić information content (AvgIpc) is 3.11. The van der Waals surface area contributed by atoms with Crippen molar-refractivity contribution < 1.29 is 9.13 Å². The Morgan fingerprint density at radius 2 is 2.29 bits per heavy atom. The molecule has 3 rings (SSSR count). The van der Waals surface area contributed by atoms with Crippen molar-refractivity contribution in [1.82, 2.24) is 9.78 Å². The molecule has 0 aliphatic carbocycles. The normalized spacial score (nSPS) is 11.8. The van der Waals surface area contributed by atoms with E-state index in [4.69, 9.17) is 10.5 Å². The number of thiophene rings is 1. The highest BCUT2D eigenvalue weighted by Gasteiger charge is 2.07. The molecule has 0 unspecified atom stereocenters. The summed E-state index contributed by atoms with van der Waals surface area (Å²) >= 11 is 1.58. The third kappa shape index (κ3) is 3.52. The molecular formula is C17H16FN3O2S. The number of benzene rings is 1. The average molecular weight is 345 g/mol. The first-order chi connectivity index (χ1) is 11.7. The Morgan fingerprint density at radius 3 is 3.00 bits per heavy atom. The Bertz CT molecular complexity index is 919. The molecule has 3 aromatic rings. The van der Waals surface area contributed by atoms with Crippen LogP contribution in [0.4, 0.5) is 4.39 Å². The second kappa shape index (κ2) is 7.37. The Balaban J connectivity index is 1.85. The van der Waals surface area contributed by atoms with Crippen molar-refractivity contribution in [2.24, 2.45) is 5.73 Å². The minimum absolute atomic E-state index is 0.0708. The lowest BCUT2D eigenvalue weighted by molar-refractivity contribution is 0.348. The maximum atomic E-state index is 12.5. The van der Waals surface area contributed by atoms with Crippen molar-refractivity contribution in [2.75, 3.05) is 13.2 Å². The molecule has 0 spiro atoms. The van der Waals surface area contributed by atoms with Crippen molar-refractivity contribution in [1.29, 1.82) is 0 Å². The third-order valence-electron chi connectivity index (χ3n) is 3.55. The van der Waals surface area contributed by atoms with Gasteiger partial charge in [0, 0.05) is 22.4 Å².